The van der Waals surface area contributed by atoms with E-state index < -0.39 is 0 Å². The minimum Gasteiger partial charge on any atom is -0.394 e. The molecule has 21 heavy (non-hydrogen) atoms. The van der Waals surface area contributed by atoms with Crippen LogP contribution in [0, 0.1) is 0 Å². The standard InChI is InChI=1S/C16H18N2O3/c19-12-14(10-13-6-2-1-3-7-13)17-15(20)11-18-9-5-4-8-16(18)21/h1-9,14,19H,10-12H2,(H,17,20). The monoisotopic (exact) mass is 286 g/mol. The number of amides is 1. The highest BCUT2D eigenvalue weighted by Crippen LogP contribution is 2.02. The molecule has 1 unspecified atom stereocenters. The maximum Gasteiger partial charge on any atom is 0.250 e. The van der Waals surface area contributed by atoms with Crippen molar-refractivity contribution >= 4 is 5.91 Å². The largest absolute Gasteiger partial charge is 0.394 e. The van der Waals surface area contributed by atoms with Gasteiger partial charge in [-0.1, -0.05) is 36.4 Å². The first kappa shape index (κ1) is 15.0. The summed E-state index contributed by atoms with van der Waals surface area (Å²) in [7, 11) is 0. The Balaban J connectivity index is 1.94. The second-order valence-corrected chi connectivity index (χ2v) is 4.80. The van der Waals surface area contributed by atoms with Crippen LogP contribution in [0.5, 0.6) is 0 Å². The summed E-state index contributed by atoms with van der Waals surface area (Å²) in [5, 5.41) is 12.1. The lowest BCUT2D eigenvalue weighted by Crippen LogP contribution is -2.41. The number of carbonyl (C=O) groups is 1. The molecule has 0 aliphatic heterocycles. The van der Waals surface area contributed by atoms with Crippen LogP contribution >= 0.6 is 0 Å². The predicted octanol–water partition coefficient (Wildman–Crippen LogP) is 0.568. The number of rotatable bonds is 6. The van der Waals surface area contributed by atoms with Crippen molar-refractivity contribution in [3.63, 3.8) is 0 Å². The van der Waals surface area contributed by atoms with E-state index in [9.17, 15) is 14.7 Å². The number of nitrogens with one attached hydrogen (secondary N) is 1. The molecule has 5 nitrogen and oxygen atoms in total. The van der Waals surface area contributed by atoms with Gasteiger partial charge in [-0.3, -0.25) is 9.59 Å². The molecule has 0 spiro atoms. The van der Waals surface area contributed by atoms with Crippen molar-refractivity contribution in [3.8, 4) is 0 Å². The van der Waals surface area contributed by atoms with E-state index in [0.717, 1.165) is 5.56 Å². The molecule has 1 aromatic carbocycles. The molecule has 0 fully saturated rings. The first-order valence-corrected chi connectivity index (χ1v) is 6.78. The molecule has 1 amide bonds. The SMILES string of the molecule is O=C(Cn1ccccc1=O)NC(CO)Cc1ccccc1. The van der Waals surface area contributed by atoms with E-state index in [1.165, 1.54) is 10.6 Å². The second-order valence-electron chi connectivity index (χ2n) is 4.80. The zero-order valence-corrected chi connectivity index (χ0v) is 11.6. The summed E-state index contributed by atoms with van der Waals surface area (Å²) in [6.45, 7) is -0.199. The van der Waals surface area contributed by atoms with Crippen LogP contribution in [0.2, 0.25) is 0 Å². The highest BCUT2D eigenvalue weighted by Gasteiger charge is 2.12. The van der Waals surface area contributed by atoms with Crippen molar-refractivity contribution in [2.75, 3.05) is 6.61 Å². The van der Waals surface area contributed by atoms with Crippen LogP contribution in [0.15, 0.2) is 59.5 Å². The Labute approximate surface area is 122 Å². The Kier molecular flexibility index (Phi) is 5.29. The summed E-state index contributed by atoms with van der Waals surface area (Å²) >= 11 is 0. The zero-order valence-electron chi connectivity index (χ0n) is 11.6. The third-order valence-corrected chi connectivity index (χ3v) is 3.12. The predicted molar refractivity (Wildman–Crippen MR) is 79.9 cm³/mol. The van der Waals surface area contributed by atoms with Crippen molar-refractivity contribution in [3.05, 3.63) is 70.6 Å². The number of aromatic nitrogens is 1. The number of hydrogen-bond donors (Lipinski definition) is 2. The van der Waals surface area contributed by atoms with Crippen LogP contribution in [0.1, 0.15) is 5.56 Å². The van der Waals surface area contributed by atoms with E-state index in [1.807, 2.05) is 30.3 Å². The zero-order chi connectivity index (χ0) is 15.1. The lowest BCUT2D eigenvalue weighted by atomic mass is 10.1. The van der Waals surface area contributed by atoms with E-state index >= 15 is 0 Å². The number of aliphatic hydroxyl groups excluding tert-OH is 1. The Morgan fingerprint density at radius 1 is 1.14 bits per heavy atom. The van der Waals surface area contributed by atoms with Crippen LogP contribution in [0.25, 0.3) is 0 Å². The van der Waals surface area contributed by atoms with Gasteiger partial charge in [0.15, 0.2) is 0 Å². The van der Waals surface area contributed by atoms with Gasteiger partial charge in [-0.05, 0) is 18.1 Å². The van der Waals surface area contributed by atoms with Gasteiger partial charge in [0.2, 0.25) is 5.91 Å². The van der Waals surface area contributed by atoms with Crippen LogP contribution in [0.4, 0.5) is 0 Å². The third-order valence-electron chi connectivity index (χ3n) is 3.12. The van der Waals surface area contributed by atoms with Gasteiger partial charge in [-0.15, -0.1) is 0 Å². The summed E-state index contributed by atoms with van der Waals surface area (Å²) in [5.41, 5.74) is 0.810. The molecule has 5 heteroatoms. The number of benzene rings is 1. The van der Waals surface area contributed by atoms with Crippen LogP contribution in [0.3, 0.4) is 0 Å². The minimum absolute atomic E-state index is 0.0506. The molecule has 1 aromatic heterocycles. The van der Waals surface area contributed by atoms with Crippen molar-refractivity contribution < 1.29 is 9.90 Å². The molecule has 0 radical (unpaired) electrons. The quantitative estimate of drug-likeness (QED) is 0.815. The molecule has 0 aliphatic rings. The van der Waals surface area contributed by atoms with E-state index in [0.29, 0.717) is 6.42 Å². The topological polar surface area (TPSA) is 71.3 Å². The second kappa shape index (κ2) is 7.40. The van der Waals surface area contributed by atoms with E-state index in [4.69, 9.17) is 0 Å². The summed E-state index contributed by atoms with van der Waals surface area (Å²) in [4.78, 5) is 23.5. The normalized spacial score (nSPS) is 11.9. The van der Waals surface area contributed by atoms with Crippen LogP contribution in [-0.4, -0.2) is 28.2 Å². The van der Waals surface area contributed by atoms with Crippen molar-refractivity contribution in [2.45, 2.75) is 19.0 Å². The Hall–Kier alpha value is -2.40. The first-order chi connectivity index (χ1) is 10.2. The molecule has 0 aliphatic carbocycles. The molecule has 1 heterocycles. The summed E-state index contributed by atoms with van der Waals surface area (Å²) in [6, 6.07) is 14.0. The number of nitrogens with zero attached hydrogens (tertiary/aromatic N) is 1. The van der Waals surface area contributed by atoms with Gasteiger partial charge in [0, 0.05) is 12.3 Å². The molecule has 2 aromatic rings. The first-order valence-electron chi connectivity index (χ1n) is 6.78. The van der Waals surface area contributed by atoms with Gasteiger partial charge in [0.05, 0.1) is 12.6 Å². The fraction of sp³-hybridized carbons (Fsp3) is 0.250. The molecule has 0 saturated heterocycles. The molecule has 1 atom stereocenters. The van der Waals surface area contributed by atoms with E-state index in [2.05, 4.69) is 5.32 Å². The molecular weight excluding hydrogens is 268 g/mol. The summed E-state index contributed by atoms with van der Waals surface area (Å²) < 4.78 is 1.33. The molecule has 0 saturated carbocycles. The van der Waals surface area contributed by atoms with Crippen LogP contribution < -0.4 is 10.9 Å². The fourth-order valence-corrected chi connectivity index (χ4v) is 2.08. The van der Waals surface area contributed by atoms with E-state index in [-0.39, 0.29) is 30.7 Å². The Morgan fingerprint density at radius 3 is 2.52 bits per heavy atom. The van der Waals surface area contributed by atoms with Gasteiger partial charge in [0.1, 0.15) is 6.54 Å². The summed E-state index contributed by atoms with van der Waals surface area (Å²) in [6.07, 6.45) is 2.11. The molecular formula is C16H18N2O3. The van der Waals surface area contributed by atoms with Gasteiger partial charge < -0.3 is 15.0 Å². The Morgan fingerprint density at radius 2 is 1.86 bits per heavy atom. The lowest BCUT2D eigenvalue weighted by molar-refractivity contribution is -0.122. The number of hydrogen-bond acceptors (Lipinski definition) is 3. The number of carbonyl (C=O) groups excluding carboxylic acids is 1. The van der Waals surface area contributed by atoms with Crippen molar-refractivity contribution in [1.29, 1.82) is 0 Å². The minimum atomic E-state index is -0.362. The lowest BCUT2D eigenvalue weighted by Gasteiger charge is -2.16. The molecule has 110 valence electrons. The average Bonchev–Trinajstić information content (AvgIpc) is 2.50. The Bertz CT molecular complexity index is 637. The van der Waals surface area contributed by atoms with Crippen LogP contribution in [-0.2, 0) is 17.8 Å². The number of aliphatic hydroxyl groups is 1. The van der Waals surface area contributed by atoms with Crippen molar-refractivity contribution in [2.24, 2.45) is 0 Å². The highest BCUT2D eigenvalue weighted by molar-refractivity contribution is 5.76. The fourth-order valence-electron chi connectivity index (χ4n) is 2.08. The van der Waals surface area contributed by atoms with Crippen molar-refractivity contribution in [1.82, 2.24) is 9.88 Å². The van der Waals surface area contributed by atoms with E-state index in [1.54, 1.807) is 18.3 Å². The maximum absolute atomic E-state index is 11.9. The highest BCUT2D eigenvalue weighted by atomic mass is 16.3. The summed E-state index contributed by atoms with van der Waals surface area (Å²) in [5.74, 6) is -0.293. The molecule has 0 bridgehead atoms. The van der Waals surface area contributed by atoms with Gasteiger partial charge in [0.25, 0.3) is 5.56 Å². The maximum atomic E-state index is 11.9. The smallest absolute Gasteiger partial charge is 0.250 e. The molecule has 2 N–H and O–H groups in total. The number of pyridine rings is 1. The third kappa shape index (κ3) is 4.57. The molecule has 2 rings (SSSR count). The average molecular weight is 286 g/mol. The van der Waals surface area contributed by atoms with Gasteiger partial charge >= 0.3 is 0 Å². The van der Waals surface area contributed by atoms with Gasteiger partial charge in [-0.25, -0.2) is 0 Å². The van der Waals surface area contributed by atoms with Gasteiger partial charge in [-0.2, -0.15) is 0 Å².